The summed E-state index contributed by atoms with van der Waals surface area (Å²) in [5.41, 5.74) is 4.09. The molecule has 0 atom stereocenters. The number of rotatable bonds is 3. The molecule has 0 aliphatic rings. The summed E-state index contributed by atoms with van der Waals surface area (Å²) in [6, 6.07) is 4.08. The quantitative estimate of drug-likeness (QED) is 0.841. The van der Waals surface area contributed by atoms with E-state index in [1.807, 2.05) is 32.9 Å². The minimum atomic E-state index is 0.0180. The van der Waals surface area contributed by atoms with E-state index in [-0.39, 0.29) is 5.91 Å². The average Bonchev–Trinajstić information content (AvgIpc) is 2.12. The number of aryl methyl sites for hydroxylation is 3. The maximum Gasteiger partial charge on any atom is 0.251 e. The summed E-state index contributed by atoms with van der Waals surface area (Å²) in [6.07, 6.45) is 0. The minimum absolute atomic E-state index is 0.0180. The number of nitrogens with one attached hydrogen (secondary N) is 1. The molecule has 0 aliphatic carbocycles. The van der Waals surface area contributed by atoms with E-state index in [0.717, 1.165) is 22.0 Å². The highest BCUT2D eigenvalue weighted by atomic mass is 79.9. The van der Waals surface area contributed by atoms with Gasteiger partial charge in [0.25, 0.3) is 5.91 Å². The van der Waals surface area contributed by atoms with Crippen LogP contribution in [-0.4, -0.2) is 17.8 Å². The number of amides is 1. The normalized spacial score (nSPS) is 10.1. The standard InChI is InChI=1S/C12H16BrNO/c1-8-6-9(2)11(10(3)7-8)12(15)14-5-4-13/h6-7H,4-5H2,1-3H3,(H,14,15). The number of hydrogen-bond donors (Lipinski definition) is 1. The average molecular weight is 270 g/mol. The van der Waals surface area contributed by atoms with Crippen molar-refractivity contribution >= 4 is 21.8 Å². The molecule has 3 heteroatoms. The highest BCUT2D eigenvalue weighted by molar-refractivity contribution is 9.09. The Labute approximate surface area is 99.2 Å². The first-order valence-electron chi connectivity index (χ1n) is 4.98. The number of benzene rings is 1. The molecule has 0 saturated heterocycles. The van der Waals surface area contributed by atoms with Crippen LogP contribution in [0.1, 0.15) is 27.0 Å². The molecular weight excluding hydrogens is 254 g/mol. The molecule has 0 radical (unpaired) electrons. The molecule has 0 aliphatic heterocycles. The van der Waals surface area contributed by atoms with Crippen molar-refractivity contribution in [3.63, 3.8) is 0 Å². The van der Waals surface area contributed by atoms with Gasteiger partial charge in [-0.2, -0.15) is 0 Å². The fraction of sp³-hybridized carbons (Fsp3) is 0.417. The zero-order valence-electron chi connectivity index (χ0n) is 9.36. The Balaban J connectivity index is 2.98. The fourth-order valence-electron chi connectivity index (χ4n) is 1.79. The first-order chi connectivity index (χ1) is 7.06. The van der Waals surface area contributed by atoms with Crippen molar-refractivity contribution < 1.29 is 4.79 Å². The van der Waals surface area contributed by atoms with Gasteiger partial charge in [-0.1, -0.05) is 33.6 Å². The number of halogens is 1. The van der Waals surface area contributed by atoms with E-state index in [1.54, 1.807) is 0 Å². The van der Waals surface area contributed by atoms with Gasteiger partial charge in [0.2, 0.25) is 0 Å². The second-order valence-electron chi connectivity index (χ2n) is 3.72. The van der Waals surface area contributed by atoms with Crippen molar-refractivity contribution in [2.45, 2.75) is 20.8 Å². The molecule has 82 valence electrons. The molecule has 1 amide bonds. The maximum absolute atomic E-state index is 11.8. The van der Waals surface area contributed by atoms with E-state index < -0.39 is 0 Å². The van der Waals surface area contributed by atoms with Gasteiger partial charge in [-0.05, 0) is 31.9 Å². The molecule has 0 fully saturated rings. The Morgan fingerprint density at radius 3 is 2.27 bits per heavy atom. The van der Waals surface area contributed by atoms with Gasteiger partial charge in [-0.25, -0.2) is 0 Å². The molecule has 1 aromatic rings. The van der Waals surface area contributed by atoms with Crippen LogP contribution >= 0.6 is 15.9 Å². The van der Waals surface area contributed by atoms with Crippen molar-refractivity contribution in [1.29, 1.82) is 0 Å². The van der Waals surface area contributed by atoms with Crippen LogP contribution in [0.15, 0.2) is 12.1 Å². The van der Waals surface area contributed by atoms with E-state index in [0.29, 0.717) is 6.54 Å². The highest BCUT2D eigenvalue weighted by Gasteiger charge is 2.11. The van der Waals surface area contributed by atoms with Gasteiger partial charge in [0, 0.05) is 17.4 Å². The summed E-state index contributed by atoms with van der Waals surface area (Å²) in [6.45, 7) is 6.65. The Bertz CT molecular complexity index is 351. The van der Waals surface area contributed by atoms with Crippen molar-refractivity contribution in [2.24, 2.45) is 0 Å². The molecule has 2 nitrogen and oxygen atoms in total. The minimum Gasteiger partial charge on any atom is -0.351 e. The Hall–Kier alpha value is -0.830. The first-order valence-corrected chi connectivity index (χ1v) is 6.10. The molecule has 15 heavy (non-hydrogen) atoms. The van der Waals surface area contributed by atoms with Crippen LogP contribution in [0.2, 0.25) is 0 Å². The number of carbonyl (C=O) groups excluding carboxylic acids is 1. The summed E-state index contributed by atoms with van der Waals surface area (Å²) in [4.78, 5) is 11.8. The summed E-state index contributed by atoms with van der Waals surface area (Å²) < 4.78 is 0. The largest absolute Gasteiger partial charge is 0.351 e. The van der Waals surface area contributed by atoms with Crippen LogP contribution < -0.4 is 5.32 Å². The molecule has 0 saturated carbocycles. The lowest BCUT2D eigenvalue weighted by atomic mass is 9.99. The van der Waals surface area contributed by atoms with Gasteiger partial charge in [0.1, 0.15) is 0 Å². The van der Waals surface area contributed by atoms with Crippen molar-refractivity contribution in [3.8, 4) is 0 Å². The summed E-state index contributed by atoms with van der Waals surface area (Å²) in [7, 11) is 0. The second-order valence-corrected chi connectivity index (χ2v) is 4.51. The molecule has 0 unspecified atom stereocenters. The molecule has 1 aromatic carbocycles. The molecule has 0 bridgehead atoms. The SMILES string of the molecule is Cc1cc(C)c(C(=O)NCCBr)c(C)c1. The summed E-state index contributed by atoms with van der Waals surface area (Å²) in [5.74, 6) is 0.0180. The number of hydrogen-bond acceptors (Lipinski definition) is 1. The van der Waals surface area contributed by atoms with Crippen LogP contribution in [0.4, 0.5) is 0 Å². The third kappa shape index (κ3) is 3.06. The Morgan fingerprint density at radius 2 is 1.80 bits per heavy atom. The van der Waals surface area contributed by atoms with E-state index in [1.165, 1.54) is 5.56 Å². The molecular formula is C12H16BrNO. The van der Waals surface area contributed by atoms with Gasteiger partial charge in [0.15, 0.2) is 0 Å². The van der Waals surface area contributed by atoms with Gasteiger partial charge in [0.05, 0.1) is 0 Å². The summed E-state index contributed by atoms with van der Waals surface area (Å²) >= 11 is 3.28. The number of alkyl halides is 1. The molecule has 0 aromatic heterocycles. The van der Waals surface area contributed by atoms with Crippen LogP contribution in [-0.2, 0) is 0 Å². The third-order valence-electron chi connectivity index (χ3n) is 2.28. The van der Waals surface area contributed by atoms with Crippen LogP contribution in [0, 0.1) is 20.8 Å². The zero-order valence-corrected chi connectivity index (χ0v) is 10.9. The lowest BCUT2D eigenvalue weighted by Crippen LogP contribution is -2.26. The van der Waals surface area contributed by atoms with E-state index in [2.05, 4.69) is 21.2 Å². The van der Waals surface area contributed by atoms with E-state index in [4.69, 9.17) is 0 Å². The lowest BCUT2D eigenvalue weighted by Gasteiger charge is -2.10. The zero-order chi connectivity index (χ0) is 11.4. The topological polar surface area (TPSA) is 29.1 Å². The predicted molar refractivity (Wildman–Crippen MR) is 66.8 cm³/mol. The first kappa shape index (κ1) is 12.2. The molecule has 0 spiro atoms. The van der Waals surface area contributed by atoms with Crippen LogP contribution in [0.5, 0.6) is 0 Å². The number of carbonyl (C=O) groups is 1. The summed E-state index contributed by atoms with van der Waals surface area (Å²) in [5, 5.41) is 3.64. The third-order valence-corrected chi connectivity index (χ3v) is 2.68. The molecule has 0 heterocycles. The van der Waals surface area contributed by atoms with Crippen molar-refractivity contribution in [1.82, 2.24) is 5.32 Å². The van der Waals surface area contributed by atoms with Crippen LogP contribution in [0.25, 0.3) is 0 Å². The van der Waals surface area contributed by atoms with Gasteiger partial charge < -0.3 is 5.32 Å². The van der Waals surface area contributed by atoms with E-state index in [9.17, 15) is 4.79 Å². The lowest BCUT2D eigenvalue weighted by molar-refractivity contribution is 0.0955. The van der Waals surface area contributed by atoms with Crippen molar-refractivity contribution in [2.75, 3.05) is 11.9 Å². The Kier molecular flexibility index (Phi) is 4.33. The second kappa shape index (κ2) is 5.31. The van der Waals surface area contributed by atoms with E-state index >= 15 is 0 Å². The monoisotopic (exact) mass is 269 g/mol. The predicted octanol–water partition coefficient (Wildman–Crippen LogP) is 2.74. The maximum atomic E-state index is 11.8. The smallest absolute Gasteiger partial charge is 0.251 e. The van der Waals surface area contributed by atoms with Crippen molar-refractivity contribution in [3.05, 3.63) is 34.4 Å². The Morgan fingerprint density at radius 1 is 1.27 bits per heavy atom. The highest BCUT2D eigenvalue weighted by Crippen LogP contribution is 2.15. The van der Waals surface area contributed by atoms with Gasteiger partial charge in [-0.15, -0.1) is 0 Å². The fourth-order valence-corrected chi connectivity index (χ4v) is 1.99. The van der Waals surface area contributed by atoms with Gasteiger partial charge in [-0.3, -0.25) is 4.79 Å². The molecule has 1 N–H and O–H groups in total. The molecule has 1 rings (SSSR count). The van der Waals surface area contributed by atoms with Gasteiger partial charge >= 0.3 is 0 Å². The van der Waals surface area contributed by atoms with Crippen LogP contribution in [0.3, 0.4) is 0 Å².